The van der Waals surface area contributed by atoms with E-state index in [0.717, 1.165) is 43.5 Å². The van der Waals surface area contributed by atoms with Crippen LogP contribution in [0.3, 0.4) is 0 Å². The Bertz CT molecular complexity index is 1590. The molecule has 0 spiro atoms. The summed E-state index contributed by atoms with van der Waals surface area (Å²) in [4.78, 5) is 29.9. The molecule has 39 heavy (non-hydrogen) atoms. The number of aliphatic carboxylic acids is 1. The van der Waals surface area contributed by atoms with Crippen molar-refractivity contribution in [1.29, 1.82) is 0 Å². The van der Waals surface area contributed by atoms with Crippen LogP contribution in [0.25, 0.3) is 5.00 Å². The molecule has 0 bridgehead atoms. The van der Waals surface area contributed by atoms with Crippen molar-refractivity contribution in [3.8, 4) is 5.00 Å². The number of thiophene rings is 1. The Morgan fingerprint density at radius 1 is 1.08 bits per heavy atom. The quantitative estimate of drug-likeness (QED) is 0.305. The fourth-order valence-corrected chi connectivity index (χ4v) is 5.86. The van der Waals surface area contributed by atoms with Gasteiger partial charge >= 0.3 is 11.9 Å². The number of nitrogens with one attached hydrogen (secondary N) is 1. The summed E-state index contributed by atoms with van der Waals surface area (Å²) in [5, 5.41) is 22.9. The van der Waals surface area contributed by atoms with Crippen LogP contribution < -0.4 is 5.32 Å². The number of hydrogen-bond donors (Lipinski definition) is 2. The molecule has 10 heteroatoms. The van der Waals surface area contributed by atoms with E-state index >= 15 is 0 Å². The molecule has 0 amide bonds. The first-order valence-corrected chi connectivity index (χ1v) is 13.4. The Balaban J connectivity index is 1.48. The van der Waals surface area contributed by atoms with E-state index in [9.17, 15) is 14.7 Å². The number of aliphatic imine (C=N–C) groups is 1. The Kier molecular flexibility index (Phi) is 7.05. The lowest BCUT2D eigenvalue weighted by molar-refractivity contribution is -0.141. The Hall–Kier alpha value is -4.31. The molecule has 1 aliphatic rings. The summed E-state index contributed by atoms with van der Waals surface area (Å²) >= 11 is 1.64. The van der Waals surface area contributed by atoms with Gasteiger partial charge in [-0.25, -0.2) is 4.79 Å². The maximum Gasteiger partial charge on any atom is 0.337 e. The highest BCUT2D eigenvalue weighted by molar-refractivity contribution is 7.15. The maximum atomic E-state index is 12.0. The molecule has 2 atom stereocenters. The topological polar surface area (TPSA) is 119 Å². The predicted octanol–water partition coefficient (Wildman–Crippen LogP) is 5.27. The third kappa shape index (κ3) is 4.83. The van der Waals surface area contributed by atoms with Gasteiger partial charge in [-0.05, 0) is 63.1 Å². The molecule has 0 aliphatic carbocycles. The minimum atomic E-state index is -0.937. The van der Waals surface area contributed by atoms with Crippen LogP contribution in [0.5, 0.6) is 0 Å². The summed E-state index contributed by atoms with van der Waals surface area (Å²) in [5.41, 5.74) is 6.19. The van der Waals surface area contributed by atoms with Crippen LogP contribution in [0.4, 0.5) is 5.69 Å². The second kappa shape index (κ2) is 10.5. The SMILES string of the molecule is COC(=O)c1ccc(CNc2ccc(C3=N[C@@H](C(C)C(=O)O)c4nnc(C)n4-c4sc(C)c(C)c43)cc2)cc1. The number of methoxy groups -OCH3 is 1. The summed E-state index contributed by atoms with van der Waals surface area (Å²) in [6.07, 6.45) is 0. The van der Waals surface area contributed by atoms with Gasteiger partial charge in [0.1, 0.15) is 16.9 Å². The van der Waals surface area contributed by atoms with Gasteiger partial charge < -0.3 is 15.2 Å². The van der Waals surface area contributed by atoms with Gasteiger partial charge in [0.2, 0.25) is 0 Å². The van der Waals surface area contributed by atoms with E-state index in [1.165, 1.54) is 7.11 Å². The first kappa shape index (κ1) is 26.3. The Morgan fingerprint density at radius 2 is 1.77 bits per heavy atom. The third-order valence-electron chi connectivity index (χ3n) is 7.08. The Morgan fingerprint density at radius 3 is 2.41 bits per heavy atom. The van der Waals surface area contributed by atoms with Crippen molar-refractivity contribution >= 4 is 34.7 Å². The summed E-state index contributed by atoms with van der Waals surface area (Å²) in [5.74, 6) is -0.848. The van der Waals surface area contributed by atoms with E-state index in [1.807, 2.05) is 47.9 Å². The number of nitrogens with zero attached hydrogens (tertiary/aromatic N) is 4. The number of rotatable bonds is 7. The number of hydrogen-bond acceptors (Lipinski definition) is 8. The molecule has 200 valence electrons. The molecular formula is C29H29N5O4S. The Labute approximate surface area is 230 Å². The molecule has 0 saturated heterocycles. The second-order valence-electron chi connectivity index (χ2n) is 9.57. The van der Waals surface area contributed by atoms with Crippen LogP contribution in [0.1, 0.15) is 62.1 Å². The number of aryl methyl sites for hydroxylation is 2. The number of anilines is 1. The molecule has 2 aromatic carbocycles. The van der Waals surface area contributed by atoms with Gasteiger partial charge in [0.15, 0.2) is 5.82 Å². The molecule has 3 heterocycles. The molecular weight excluding hydrogens is 514 g/mol. The van der Waals surface area contributed by atoms with E-state index in [0.29, 0.717) is 23.8 Å². The van der Waals surface area contributed by atoms with Gasteiger partial charge in [-0.15, -0.1) is 21.5 Å². The van der Waals surface area contributed by atoms with E-state index in [-0.39, 0.29) is 5.97 Å². The predicted molar refractivity (Wildman–Crippen MR) is 150 cm³/mol. The molecule has 5 rings (SSSR count). The number of carbonyl (C=O) groups is 2. The normalized spacial score (nSPS) is 15.0. The van der Waals surface area contributed by atoms with Gasteiger partial charge in [-0.3, -0.25) is 14.4 Å². The standard InChI is InChI=1S/C29H29N5O4S/c1-15-17(3)39-27-23(15)25(31-24(16(2)28(35)36)26-33-32-18(4)34(26)27)20-10-12-22(13-11-20)30-14-19-6-8-21(9-7-19)29(37)38-5/h6-13,16,24,30H,14H2,1-5H3,(H,35,36)/t16?,24-/m0/s1. The van der Waals surface area contributed by atoms with Crippen molar-refractivity contribution in [3.05, 3.63) is 92.9 Å². The molecule has 0 radical (unpaired) electrons. The maximum absolute atomic E-state index is 12.0. The summed E-state index contributed by atoms with van der Waals surface area (Å²) in [6, 6.07) is 14.6. The van der Waals surface area contributed by atoms with Crippen molar-refractivity contribution in [3.63, 3.8) is 0 Å². The number of fused-ring (bicyclic) bond motifs is 3. The van der Waals surface area contributed by atoms with E-state index in [1.54, 1.807) is 30.4 Å². The number of esters is 1. The van der Waals surface area contributed by atoms with Gasteiger partial charge in [-0.2, -0.15) is 0 Å². The van der Waals surface area contributed by atoms with Crippen LogP contribution in [-0.2, 0) is 16.1 Å². The van der Waals surface area contributed by atoms with Crippen molar-refractivity contribution in [2.24, 2.45) is 10.9 Å². The van der Waals surface area contributed by atoms with Gasteiger partial charge in [0, 0.05) is 28.2 Å². The van der Waals surface area contributed by atoms with E-state index in [4.69, 9.17) is 9.73 Å². The van der Waals surface area contributed by atoms with Gasteiger partial charge in [-0.1, -0.05) is 24.3 Å². The molecule has 4 aromatic rings. The van der Waals surface area contributed by atoms with Crippen LogP contribution >= 0.6 is 11.3 Å². The summed E-state index contributed by atoms with van der Waals surface area (Å²) in [7, 11) is 1.36. The van der Waals surface area contributed by atoms with Crippen molar-refractivity contribution < 1.29 is 19.4 Å². The molecule has 1 unspecified atom stereocenters. The third-order valence-corrected chi connectivity index (χ3v) is 8.27. The molecule has 2 N–H and O–H groups in total. The largest absolute Gasteiger partial charge is 0.481 e. The molecule has 1 aliphatic heterocycles. The first-order chi connectivity index (χ1) is 18.7. The lowest BCUT2D eigenvalue weighted by atomic mass is 9.98. The smallest absolute Gasteiger partial charge is 0.337 e. The van der Waals surface area contributed by atoms with Crippen LogP contribution in [-0.4, -0.2) is 44.6 Å². The highest BCUT2D eigenvalue weighted by Crippen LogP contribution is 2.40. The second-order valence-corrected chi connectivity index (χ2v) is 10.8. The number of benzene rings is 2. The molecule has 0 fully saturated rings. The number of carboxylic acids is 1. The minimum absolute atomic E-state index is 0.360. The highest BCUT2D eigenvalue weighted by Gasteiger charge is 2.36. The van der Waals surface area contributed by atoms with E-state index in [2.05, 4.69) is 29.4 Å². The van der Waals surface area contributed by atoms with E-state index < -0.39 is 17.9 Å². The number of ether oxygens (including phenoxy) is 1. The fourth-order valence-electron chi connectivity index (χ4n) is 4.64. The molecule has 9 nitrogen and oxygen atoms in total. The van der Waals surface area contributed by atoms with Crippen molar-refractivity contribution in [2.45, 2.75) is 40.3 Å². The summed E-state index contributed by atoms with van der Waals surface area (Å²) < 4.78 is 6.72. The lowest BCUT2D eigenvalue weighted by Crippen LogP contribution is -2.21. The van der Waals surface area contributed by atoms with Crippen molar-refractivity contribution in [1.82, 2.24) is 14.8 Å². The van der Waals surface area contributed by atoms with Gasteiger partial charge in [0.05, 0.1) is 24.3 Å². The number of carboxylic acid groups (broad SMARTS) is 1. The highest BCUT2D eigenvalue weighted by atomic mass is 32.1. The van der Waals surface area contributed by atoms with Crippen LogP contribution in [0.2, 0.25) is 0 Å². The van der Waals surface area contributed by atoms with Crippen LogP contribution in [0, 0.1) is 26.7 Å². The zero-order chi connectivity index (χ0) is 27.8. The average molecular weight is 544 g/mol. The van der Waals surface area contributed by atoms with Gasteiger partial charge in [0.25, 0.3) is 0 Å². The zero-order valence-electron chi connectivity index (χ0n) is 22.3. The average Bonchev–Trinajstić information content (AvgIpc) is 3.41. The monoisotopic (exact) mass is 543 g/mol. The molecule has 2 aromatic heterocycles. The zero-order valence-corrected chi connectivity index (χ0v) is 23.2. The number of carbonyl (C=O) groups excluding carboxylic acids is 1. The van der Waals surface area contributed by atoms with Crippen LogP contribution in [0.15, 0.2) is 53.5 Å². The summed E-state index contributed by atoms with van der Waals surface area (Å²) in [6.45, 7) is 8.27. The fraction of sp³-hybridized carbons (Fsp3) is 0.276. The van der Waals surface area contributed by atoms with Crippen molar-refractivity contribution in [2.75, 3.05) is 12.4 Å². The molecule has 0 saturated carbocycles. The minimum Gasteiger partial charge on any atom is -0.481 e. The number of aromatic nitrogens is 3. The lowest BCUT2D eigenvalue weighted by Gasteiger charge is -2.16. The first-order valence-electron chi connectivity index (χ1n) is 12.5.